The molecule has 0 spiro atoms. The van der Waals surface area contributed by atoms with Crippen molar-refractivity contribution in [2.24, 2.45) is 0 Å². The van der Waals surface area contributed by atoms with Gasteiger partial charge in [-0.3, -0.25) is 0 Å². The van der Waals surface area contributed by atoms with E-state index >= 15 is 0 Å². The summed E-state index contributed by atoms with van der Waals surface area (Å²) in [4.78, 5) is 9.48. The molecule has 0 aliphatic rings. The molecular formula is C11H10BrN3S. The molecule has 0 unspecified atom stereocenters. The van der Waals surface area contributed by atoms with E-state index in [1.807, 2.05) is 18.2 Å². The minimum Gasteiger partial charge on any atom is -0.396 e. The first kappa shape index (κ1) is 11.4. The minimum atomic E-state index is 0.592. The lowest BCUT2D eigenvalue weighted by atomic mass is 10.4. The van der Waals surface area contributed by atoms with Crippen LogP contribution < -0.4 is 5.73 Å². The van der Waals surface area contributed by atoms with Gasteiger partial charge in [-0.1, -0.05) is 12.1 Å². The number of nitrogen functional groups attached to an aromatic ring is 1. The van der Waals surface area contributed by atoms with Gasteiger partial charge in [0.2, 0.25) is 0 Å². The summed E-state index contributed by atoms with van der Waals surface area (Å²) in [6.07, 6.45) is 3.26. The van der Waals surface area contributed by atoms with Crippen LogP contribution in [0.1, 0.15) is 5.82 Å². The molecule has 0 saturated carbocycles. The van der Waals surface area contributed by atoms with E-state index in [2.05, 4.69) is 32.0 Å². The third-order valence-electron chi connectivity index (χ3n) is 1.92. The average molecular weight is 296 g/mol. The molecule has 5 heteroatoms. The van der Waals surface area contributed by atoms with Crippen molar-refractivity contribution in [2.75, 3.05) is 5.73 Å². The minimum absolute atomic E-state index is 0.592. The van der Waals surface area contributed by atoms with Crippen LogP contribution in [0.2, 0.25) is 0 Å². The molecule has 16 heavy (non-hydrogen) atoms. The molecule has 0 amide bonds. The first-order valence-electron chi connectivity index (χ1n) is 4.69. The highest BCUT2D eigenvalue weighted by Gasteiger charge is 2.01. The van der Waals surface area contributed by atoms with Crippen molar-refractivity contribution < 1.29 is 0 Å². The van der Waals surface area contributed by atoms with Crippen LogP contribution in [0.3, 0.4) is 0 Å². The summed E-state index contributed by atoms with van der Waals surface area (Å²) in [7, 11) is 0. The maximum atomic E-state index is 5.52. The molecule has 2 aromatic rings. The van der Waals surface area contributed by atoms with Crippen molar-refractivity contribution in [3.05, 3.63) is 47.0 Å². The Hall–Kier alpha value is -1.07. The topological polar surface area (TPSA) is 51.8 Å². The fraction of sp³-hybridized carbons (Fsp3) is 0.0909. The van der Waals surface area contributed by atoms with Crippen molar-refractivity contribution in [1.82, 2.24) is 9.97 Å². The van der Waals surface area contributed by atoms with Gasteiger partial charge in [0.25, 0.3) is 0 Å². The van der Waals surface area contributed by atoms with E-state index in [0.717, 1.165) is 16.0 Å². The Bertz CT molecular complexity index is 473. The van der Waals surface area contributed by atoms with Crippen LogP contribution in [0, 0.1) is 0 Å². The second kappa shape index (κ2) is 5.32. The molecule has 2 rings (SSSR count). The van der Waals surface area contributed by atoms with Gasteiger partial charge >= 0.3 is 0 Å². The van der Waals surface area contributed by atoms with Gasteiger partial charge < -0.3 is 5.73 Å². The molecule has 0 aliphatic carbocycles. The molecular weight excluding hydrogens is 286 g/mol. The van der Waals surface area contributed by atoms with Crippen molar-refractivity contribution in [1.29, 1.82) is 0 Å². The molecule has 0 fully saturated rings. The first-order valence-corrected chi connectivity index (χ1v) is 6.47. The van der Waals surface area contributed by atoms with Gasteiger partial charge in [0.1, 0.15) is 5.82 Å². The lowest BCUT2D eigenvalue weighted by Crippen LogP contribution is -1.94. The van der Waals surface area contributed by atoms with Crippen molar-refractivity contribution in [3.63, 3.8) is 0 Å². The number of aromatic nitrogens is 2. The highest BCUT2D eigenvalue weighted by molar-refractivity contribution is 9.10. The van der Waals surface area contributed by atoms with E-state index in [9.17, 15) is 0 Å². The van der Waals surface area contributed by atoms with Crippen molar-refractivity contribution in [3.8, 4) is 0 Å². The normalized spacial score (nSPS) is 10.3. The molecule has 3 nitrogen and oxygen atoms in total. The van der Waals surface area contributed by atoms with Crippen molar-refractivity contribution >= 4 is 33.4 Å². The number of benzene rings is 1. The standard InChI is InChI=1S/C11H10BrN3S/c12-9-3-1-2-4-10(9)16-7-11-14-5-8(13)6-15-11/h1-6H,7,13H2. The summed E-state index contributed by atoms with van der Waals surface area (Å²) in [6.45, 7) is 0. The quantitative estimate of drug-likeness (QED) is 0.884. The number of nitrogens with zero attached hydrogens (tertiary/aromatic N) is 2. The fourth-order valence-corrected chi connectivity index (χ4v) is 2.59. The van der Waals surface area contributed by atoms with E-state index < -0.39 is 0 Å². The van der Waals surface area contributed by atoms with E-state index in [-0.39, 0.29) is 0 Å². The summed E-state index contributed by atoms with van der Waals surface area (Å²) in [5, 5.41) is 0. The number of hydrogen-bond acceptors (Lipinski definition) is 4. The van der Waals surface area contributed by atoms with Crippen molar-refractivity contribution in [2.45, 2.75) is 10.6 Å². The smallest absolute Gasteiger partial charge is 0.138 e. The second-order valence-corrected chi connectivity index (χ2v) is 5.02. The molecule has 0 saturated heterocycles. The summed E-state index contributed by atoms with van der Waals surface area (Å²) >= 11 is 5.19. The van der Waals surface area contributed by atoms with E-state index in [1.165, 1.54) is 4.90 Å². The largest absolute Gasteiger partial charge is 0.396 e. The van der Waals surface area contributed by atoms with Crippen LogP contribution in [-0.2, 0) is 5.75 Å². The molecule has 1 aromatic carbocycles. The third-order valence-corrected chi connectivity index (χ3v) is 3.94. The Kier molecular flexibility index (Phi) is 3.79. The Labute approximate surface area is 107 Å². The summed E-state index contributed by atoms with van der Waals surface area (Å²) in [5.74, 6) is 1.53. The molecule has 0 atom stereocenters. The average Bonchev–Trinajstić information content (AvgIpc) is 2.30. The molecule has 2 N–H and O–H groups in total. The summed E-state index contributed by atoms with van der Waals surface area (Å²) in [5.41, 5.74) is 6.11. The Morgan fingerprint density at radius 3 is 2.56 bits per heavy atom. The summed E-state index contributed by atoms with van der Waals surface area (Å²) < 4.78 is 1.09. The molecule has 0 aliphatic heterocycles. The van der Waals surface area contributed by atoms with Crippen LogP contribution >= 0.6 is 27.7 Å². The van der Waals surface area contributed by atoms with Gasteiger partial charge in [-0.2, -0.15) is 0 Å². The number of anilines is 1. The number of halogens is 1. The Morgan fingerprint density at radius 1 is 1.19 bits per heavy atom. The highest BCUT2D eigenvalue weighted by atomic mass is 79.9. The SMILES string of the molecule is Nc1cnc(CSc2ccccc2Br)nc1. The summed E-state index contributed by atoms with van der Waals surface area (Å²) in [6, 6.07) is 8.09. The van der Waals surface area contributed by atoms with Crippen LogP contribution in [0.15, 0.2) is 46.0 Å². The maximum absolute atomic E-state index is 5.52. The Morgan fingerprint density at radius 2 is 1.88 bits per heavy atom. The van der Waals surface area contributed by atoms with Gasteiger partial charge in [-0.15, -0.1) is 11.8 Å². The first-order chi connectivity index (χ1) is 7.75. The third kappa shape index (κ3) is 2.96. The van der Waals surface area contributed by atoms with Crippen LogP contribution in [-0.4, -0.2) is 9.97 Å². The van der Waals surface area contributed by atoms with Gasteiger partial charge in [-0.25, -0.2) is 9.97 Å². The van der Waals surface area contributed by atoms with E-state index in [0.29, 0.717) is 5.69 Å². The van der Waals surface area contributed by atoms with Gasteiger partial charge in [0.15, 0.2) is 0 Å². The van der Waals surface area contributed by atoms with Crippen LogP contribution in [0.4, 0.5) is 5.69 Å². The zero-order chi connectivity index (χ0) is 11.4. The lowest BCUT2D eigenvalue weighted by molar-refractivity contribution is 1.04. The second-order valence-electron chi connectivity index (χ2n) is 3.15. The van der Waals surface area contributed by atoms with Gasteiger partial charge in [0.05, 0.1) is 23.8 Å². The number of hydrogen-bond donors (Lipinski definition) is 1. The molecule has 1 aromatic heterocycles. The van der Waals surface area contributed by atoms with Crippen LogP contribution in [0.25, 0.3) is 0 Å². The zero-order valence-corrected chi connectivity index (χ0v) is 10.8. The number of thioether (sulfide) groups is 1. The van der Waals surface area contributed by atoms with E-state index in [1.54, 1.807) is 24.2 Å². The predicted molar refractivity (Wildman–Crippen MR) is 70.1 cm³/mol. The van der Waals surface area contributed by atoms with Crippen LogP contribution in [0.5, 0.6) is 0 Å². The maximum Gasteiger partial charge on any atom is 0.138 e. The molecule has 82 valence electrons. The number of rotatable bonds is 3. The predicted octanol–water partition coefficient (Wildman–Crippen LogP) is 3.11. The molecule has 0 radical (unpaired) electrons. The fourth-order valence-electron chi connectivity index (χ4n) is 1.14. The number of nitrogens with two attached hydrogens (primary N) is 1. The molecule has 0 bridgehead atoms. The monoisotopic (exact) mass is 295 g/mol. The lowest BCUT2D eigenvalue weighted by Gasteiger charge is -2.03. The molecule has 1 heterocycles. The Balaban J connectivity index is 2.02. The van der Waals surface area contributed by atoms with E-state index in [4.69, 9.17) is 5.73 Å². The zero-order valence-electron chi connectivity index (χ0n) is 8.43. The van der Waals surface area contributed by atoms with Gasteiger partial charge in [-0.05, 0) is 28.1 Å². The highest BCUT2D eigenvalue weighted by Crippen LogP contribution is 2.28. The van der Waals surface area contributed by atoms with Gasteiger partial charge in [0, 0.05) is 9.37 Å².